The van der Waals surface area contributed by atoms with Gasteiger partial charge in [-0.2, -0.15) is 10.5 Å². The van der Waals surface area contributed by atoms with Crippen molar-refractivity contribution in [2.24, 2.45) is 0 Å². The zero-order valence-corrected chi connectivity index (χ0v) is 18.1. The maximum Gasteiger partial charge on any atom is 0.262 e. The topological polar surface area (TPSA) is 132 Å². The lowest BCUT2D eigenvalue weighted by atomic mass is 10.1. The Balaban J connectivity index is 1.58. The number of nitriles is 2. The Morgan fingerprint density at radius 2 is 1.15 bits per heavy atom. The molecule has 0 saturated heterocycles. The van der Waals surface area contributed by atoms with Crippen molar-refractivity contribution in [1.29, 1.82) is 10.5 Å². The minimum Gasteiger partial charge on any atom is -0.347 e. The number of hydrogen-bond acceptors (Lipinski definition) is 6. The molecular formula is C26H20N6O2. The number of carbonyl (C=O) groups is 2. The second-order valence-electron chi connectivity index (χ2n) is 7.09. The van der Waals surface area contributed by atoms with Gasteiger partial charge in [0.1, 0.15) is 23.3 Å². The molecule has 0 bridgehead atoms. The quantitative estimate of drug-likeness (QED) is 0.402. The van der Waals surface area contributed by atoms with Crippen LogP contribution >= 0.6 is 0 Å². The normalized spacial score (nSPS) is 11.1. The number of aromatic nitrogens is 2. The van der Waals surface area contributed by atoms with Gasteiger partial charge in [-0.25, -0.2) is 0 Å². The highest BCUT2D eigenvalue weighted by molar-refractivity contribution is 6.02. The number of nitrogens with one attached hydrogen (secondary N) is 2. The van der Waals surface area contributed by atoms with Crippen LogP contribution in [0.5, 0.6) is 0 Å². The molecule has 0 atom stereocenters. The van der Waals surface area contributed by atoms with Crippen LogP contribution in [0.4, 0.5) is 0 Å². The fourth-order valence-corrected chi connectivity index (χ4v) is 2.95. The van der Waals surface area contributed by atoms with Gasteiger partial charge in [-0.15, -0.1) is 0 Å². The van der Waals surface area contributed by atoms with E-state index in [0.29, 0.717) is 11.1 Å². The first-order valence-corrected chi connectivity index (χ1v) is 10.3. The molecule has 2 heterocycles. The molecule has 0 aliphatic carbocycles. The largest absolute Gasteiger partial charge is 0.347 e. The summed E-state index contributed by atoms with van der Waals surface area (Å²) < 4.78 is 0. The lowest BCUT2D eigenvalue weighted by molar-refractivity contribution is -0.118. The van der Waals surface area contributed by atoms with Crippen molar-refractivity contribution >= 4 is 24.0 Å². The summed E-state index contributed by atoms with van der Waals surface area (Å²) in [6.45, 7) is 0.419. The molecule has 0 unspecified atom stereocenters. The monoisotopic (exact) mass is 448 g/mol. The molecular weight excluding hydrogens is 428 g/mol. The molecule has 2 amide bonds. The predicted molar refractivity (Wildman–Crippen MR) is 126 cm³/mol. The number of pyridine rings is 2. The second kappa shape index (κ2) is 12.1. The third-order valence-electron chi connectivity index (χ3n) is 4.66. The van der Waals surface area contributed by atoms with E-state index in [1.54, 1.807) is 55.1 Å². The molecule has 166 valence electrons. The lowest BCUT2D eigenvalue weighted by Crippen LogP contribution is -2.25. The molecule has 8 nitrogen and oxygen atoms in total. The van der Waals surface area contributed by atoms with E-state index in [4.69, 9.17) is 0 Å². The van der Waals surface area contributed by atoms with Crippen molar-refractivity contribution in [3.8, 4) is 12.1 Å². The Kier molecular flexibility index (Phi) is 8.38. The smallest absolute Gasteiger partial charge is 0.262 e. The standard InChI is InChI=1S/C26H20N6O2/c27-15-23(13-19-4-8-29-9-5-19)25(33)31-17-21-2-1-3-22(12-21)18-32-26(34)24(16-28)14-20-6-10-30-11-7-20/h1-14H,17-18H2,(H,31,33)(H,32,34)/b23-13-,24-14-. The van der Waals surface area contributed by atoms with E-state index in [-0.39, 0.29) is 24.2 Å². The molecule has 0 fully saturated rings. The number of carbonyl (C=O) groups excluding carboxylic acids is 2. The summed E-state index contributed by atoms with van der Waals surface area (Å²) in [7, 11) is 0. The fraction of sp³-hybridized carbons (Fsp3) is 0.0769. The van der Waals surface area contributed by atoms with Crippen LogP contribution in [0.3, 0.4) is 0 Å². The summed E-state index contributed by atoms with van der Waals surface area (Å²) in [4.78, 5) is 32.6. The van der Waals surface area contributed by atoms with Gasteiger partial charge < -0.3 is 10.6 Å². The minimum absolute atomic E-state index is 0.0142. The molecule has 0 radical (unpaired) electrons. The average Bonchev–Trinajstić information content (AvgIpc) is 2.89. The molecule has 0 aliphatic rings. The number of rotatable bonds is 8. The minimum atomic E-state index is -0.488. The third-order valence-corrected chi connectivity index (χ3v) is 4.66. The fourth-order valence-electron chi connectivity index (χ4n) is 2.95. The highest BCUT2D eigenvalue weighted by Crippen LogP contribution is 2.09. The van der Waals surface area contributed by atoms with Gasteiger partial charge in [0.15, 0.2) is 0 Å². The van der Waals surface area contributed by atoms with E-state index in [2.05, 4.69) is 20.6 Å². The molecule has 2 N–H and O–H groups in total. The Bertz CT molecular complexity index is 1200. The maximum absolute atomic E-state index is 12.4. The summed E-state index contributed by atoms with van der Waals surface area (Å²) in [6, 6.07) is 17.9. The zero-order chi connectivity index (χ0) is 24.2. The Labute approximate surface area is 196 Å². The predicted octanol–water partition coefficient (Wildman–Crippen LogP) is 2.92. The summed E-state index contributed by atoms with van der Waals surface area (Å²) in [6.07, 6.45) is 9.31. The van der Waals surface area contributed by atoms with Gasteiger partial charge in [-0.3, -0.25) is 19.6 Å². The van der Waals surface area contributed by atoms with Gasteiger partial charge in [-0.05, 0) is 58.7 Å². The highest BCUT2D eigenvalue weighted by atomic mass is 16.2. The van der Waals surface area contributed by atoms with Gasteiger partial charge in [-0.1, -0.05) is 24.3 Å². The van der Waals surface area contributed by atoms with Crippen molar-refractivity contribution in [1.82, 2.24) is 20.6 Å². The molecule has 2 aromatic heterocycles. The van der Waals surface area contributed by atoms with Crippen molar-refractivity contribution in [3.63, 3.8) is 0 Å². The zero-order valence-electron chi connectivity index (χ0n) is 18.1. The lowest BCUT2D eigenvalue weighted by Gasteiger charge is -2.08. The van der Waals surface area contributed by atoms with Gasteiger partial charge in [0.25, 0.3) is 11.8 Å². The first kappa shape index (κ1) is 23.6. The first-order chi connectivity index (χ1) is 16.6. The average molecular weight is 448 g/mol. The summed E-state index contributed by atoms with van der Waals surface area (Å²) in [5.41, 5.74) is 2.98. The number of amides is 2. The van der Waals surface area contributed by atoms with Gasteiger partial charge in [0.2, 0.25) is 0 Å². The van der Waals surface area contributed by atoms with Crippen LogP contribution in [0.15, 0.2) is 84.5 Å². The van der Waals surface area contributed by atoms with E-state index >= 15 is 0 Å². The molecule has 34 heavy (non-hydrogen) atoms. The SMILES string of the molecule is N#C/C(=C/c1ccncc1)C(=O)NCc1cccc(CNC(=O)/C(C#N)=C\c2ccncc2)c1. The Morgan fingerprint density at radius 1 is 0.735 bits per heavy atom. The molecule has 8 heteroatoms. The van der Waals surface area contributed by atoms with Gasteiger partial charge in [0.05, 0.1) is 0 Å². The van der Waals surface area contributed by atoms with Crippen LogP contribution in [0, 0.1) is 22.7 Å². The van der Waals surface area contributed by atoms with E-state index in [9.17, 15) is 20.1 Å². The Hall–Kier alpha value is -5.08. The summed E-state index contributed by atoms with van der Waals surface area (Å²) >= 11 is 0. The summed E-state index contributed by atoms with van der Waals surface area (Å²) in [5, 5.41) is 24.1. The number of hydrogen-bond donors (Lipinski definition) is 2. The van der Waals surface area contributed by atoms with E-state index in [1.807, 2.05) is 30.3 Å². The van der Waals surface area contributed by atoms with Gasteiger partial charge >= 0.3 is 0 Å². The van der Waals surface area contributed by atoms with Crippen LogP contribution in [-0.4, -0.2) is 21.8 Å². The van der Waals surface area contributed by atoms with Crippen LogP contribution in [-0.2, 0) is 22.7 Å². The van der Waals surface area contributed by atoms with Crippen LogP contribution in [0.2, 0.25) is 0 Å². The van der Waals surface area contributed by atoms with E-state index < -0.39 is 11.8 Å². The van der Waals surface area contributed by atoms with Crippen molar-refractivity contribution in [2.45, 2.75) is 13.1 Å². The molecule has 3 aromatic rings. The second-order valence-corrected chi connectivity index (χ2v) is 7.09. The van der Waals surface area contributed by atoms with Crippen LogP contribution < -0.4 is 10.6 Å². The van der Waals surface area contributed by atoms with Crippen molar-refractivity contribution < 1.29 is 9.59 Å². The number of nitrogens with zero attached hydrogens (tertiary/aromatic N) is 4. The summed E-state index contributed by atoms with van der Waals surface area (Å²) in [5.74, 6) is -0.976. The van der Waals surface area contributed by atoms with E-state index in [0.717, 1.165) is 11.1 Å². The first-order valence-electron chi connectivity index (χ1n) is 10.3. The Morgan fingerprint density at radius 3 is 1.53 bits per heavy atom. The van der Waals surface area contributed by atoms with Crippen molar-refractivity contribution in [3.05, 3.63) is 107 Å². The molecule has 3 rings (SSSR count). The van der Waals surface area contributed by atoms with Gasteiger partial charge in [0, 0.05) is 37.9 Å². The van der Waals surface area contributed by atoms with Crippen LogP contribution in [0.25, 0.3) is 12.2 Å². The van der Waals surface area contributed by atoms with Crippen molar-refractivity contribution in [2.75, 3.05) is 0 Å². The highest BCUT2D eigenvalue weighted by Gasteiger charge is 2.11. The maximum atomic E-state index is 12.4. The van der Waals surface area contributed by atoms with Crippen LogP contribution in [0.1, 0.15) is 22.3 Å². The molecule has 1 aromatic carbocycles. The third kappa shape index (κ3) is 6.98. The molecule has 0 spiro atoms. The van der Waals surface area contributed by atoms with E-state index in [1.165, 1.54) is 12.2 Å². The molecule has 0 aliphatic heterocycles. The number of benzene rings is 1. The molecule has 0 saturated carbocycles.